The first-order chi connectivity index (χ1) is 9.93. The lowest BCUT2D eigenvalue weighted by molar-refractivity contribution is 0.00929. The Morgan fingerprint density at radius 2 is 1.35 bits per heavy atom. The summed E-state index contributed by atoms with van der Waals surface area (Å²) in [5.74, 6) is 2.58. The minimum atomic E-state index is -0.428. The number of hydrogen-bond acceptors (Lipinski definition) is 3. The highest BCUT2D eigenvalue weighted by atomic mass is 19.1. The summed E-state index contributed by atoms with van der Waals surface area (Å²) < 4.78 is 27.8. The van der Waals surface area contributed by atoms with Crippen LogP contribution in [0.15, 0.2) is 12.2 Å². The first-order valence-corrected chi connectivity index (χ1v) is 7.87. The number of halogens is 1. The van der Waals surface area contributed by atoms with Crippen LogP contribution in [0, 0.1) is 17.8 Å². The molecule has 0 radical (unpaired) electrons. The molecule has 20 heavy (non-hydrogen) atoms. The van der Waals surface area contributed by atoms with E-state index >= 15 is 0 Å². The lowest BCUT2D eigenvalue weighted by Gasteiger charge is -2.06. The molecule has 0 aromatic carbocycles. The van der Waals surface area contributed by atoms with Gasteiger partial charge in [0.05, 0.1) is 39.6 Å². The molecule has 0 N–H and O–H groups in total. The molecule has 2 aliphatic carbocycles. The number of hydrogen-bond donors (Lipinski definition) is 0. The van der Waals surface area contributed by atoms with Crippen molar-refractivity contribution in [3.05, 3.63) is 12.2 Å². The maximum atomic E-state index is 11.7. The van der Waals surface area contributed by atoms with Gasteiger partial charge in [0.25, 0.3) is 0 Å². The summed E-state index contributed by atoms with van der Waals surface area (Å²) in [6, 6.07) is 0. The minimum absolute atomic E-state index is 0.166. The third-order valence-electron chi connectivity index (χ3n) is 4.28. The molecule has 0 aliphatic heterocycles. The van der Waals surface area contributed by atoms with Gasteiger partial charge in [0.1, 0.15) is 6.67 Å². The predicted octanol–water partition coefficient (Wildman–Crippen LogP) is 3.00. The Kier molecular flexibility index (Phi) is 7.55. The summed E-state index contributed by atoms with van der Waals surface area (Å²) in [6.07, 6.45) is 9.78. The van der Waals surface area contributed by atoms with Crippen LogP contribution in [0.1, 0.15) is 25.7 Å². The fourth-order valence-electron chi connectivity index (χ4n) is 3.15. The fourth-order valence-corrected chi connectivity index (χ4v) is 3.15. The van der Waals surface area contributed by atoms with Crippen molar-refractivity contribution in [2.75, 3.05) is 46.3 Å². The quantitative estimate of drug-likeness (QED) is 0.456. The second kappa shape index (κ2) is 9.48. The second-order valence-corrected chi connectivity index (χ2v) is 5.61. The average molecular weight is 286 g/mol. The summed E-state index contributed by atoms with van der Waals surface area (Å²) in [4.78, 5) is 0. The van der Waals surface area contributed by atoms with Gasteiger partial charge < -0.3 is 14.2 Å². The van der Waals surface area contributed by atoms with Crippen molar-refractivity contribution in [2.45, 2.75) is 25.7 Å². The average Bonchev–Trinajstić information content (AvgIpc) is 3.06. The monoisotopic (exact) mass is 286 g/mol. The molecule has 2 aliphatic rings. The summed E-state index contributed by atoms with van der Waals surface area (Å²) in [6.45, 7) is 2.85. The van der Waals surface area contributed by atoms with Gasteiger partial charge in [-0.1, -0.05) is 12.2 Å². The van der Waals surface area contributed by atoms with Gasteiger partial charge in [0.2, 0.25) is 0 Å². The van der Waals surface area contributed by atoms with Crippen LogP contribution in [0.4, 0.5) is 4.39 Å². The van der Waals surface area contributed by atoms with Crippen LogP contribution in [0.5, 0.6) is 0 Å². The van der Waals surface area contributed by atoms with E-state index in [-0.39, 0.29) is 6.61 Å². The zero-order chi connectivity index (χ0) is 14.0. The van der Waals surface area contributed by atoms with Crippen LogP contribution < -0.4 is 0 Å². The lowest BCUT2D eigenvalue weighted by atomic mass is 10.1. The highest BCUT2D eigenvalue weighted by Crippen LogP contribution is 2.52. The Balaban J connectivity index is 1.41. The molecule has 3 nitrogen and oxygen atoms in total. The topological polar surface area (TPSA) is 27.7 Å². The van der Waals surface area contributed by atoms with Crippen LogP contribution >= 0.6 is 0 Å². The lowest BCUT2D eigenvalue weighted by Crippen LogP contribution is -2.11. The SMILES string of the molecule is FCCOCCOCCOC[C@@H]1[C@@H]2CC/C=C/CC[C@@H]21. The van der Waals surface area contributed by atoms with Crippen LogP contribution in [0.2, 0.25) is 0 Å². The van der Waals surface area contributed by atoms with E-state index in [9.17, 15) is 4.39 Å². The molecule has 1 saturated carbocycles. The Bertz CT molecular complexity index is 267. The zero-order valence-electron chi connectivity index (χ0n) is 12.3. The predicted molar refractivity (Wildman–Crippen MR) is 76.5 cm³/mol. The molecular weight excluding hydrogens is 259 g/mol. The van der Waals surface area contributed by atoms with Crippen molar-refractivity contribution in [2.24, 2.45) is 17.8 Å². The number of rotatable bonds is 10. The number of fused-ring (bicyclic) bond motifs is 1. The van der Waals surface area contributed by atoms with Gasteiger partial charge in [-0.2, -0.15) is 0 Å². The van der Waals surface area contributed by atoms with E-state index in [0.717, 1.165) is 24.4 Å². The fraction of sp³-hybridized carbons (Fsp3) is 0.875. The van der Waals surface area contributed by atoms with Crippen LogP contribution in [0.3, 0.4) is 0 Å². The molecule has 0 amide bonds. The Labute approximate surface area is 121 Å². The maximum Gasteiger partial charge on any atom is 0.113 e. The van der Waals surface area contributed by atoms with Crippen molar-refractivity contribution >= 4 is 0 Å². The highest BCUT2D eigenvalue weighted by molar-refractivity contribution is 5.01. The second-order valence-electron chi connectivity index (χ2n) is 5.61. The maximum absolute atomic E-state index is 11.7. The minimum Gasteiger partial charge on any atom is -0.379 e. The summed E-state index contributed by atoms with van der Waals surface area (Å²) in [5, 5.41) is 0. The number of ether oxygens (including phenoxy) is 3. The molecule has 0 unspecified atom stereocenters. The van der Waals surface area contributed by atoms with E-state index in [0.29, 0.717) is 26.4 Å². The molecule has 0 saturated heterocycles. The Morgan fingerprint density at radius 1 is 0.800 bits per heavy atom. The normalized spacial score (nSPS) is 30.4. The molecule has 0 heterocycles. The number of alkyl halides is 1. The first-order valence-electron chi connectivity index (χ1n) is 7.87. The molecule has 1 fully saturated rings. The summed E-state index contributed by atoms with van der Waals surface area (Å²) in [5.41, 5.74) is 0. The van der Waals surface area contributed by atoms with Gasteiger partial charge in [-0.15, -0.1) is 0 Å². The van der Waals surface area contributed by atoms with Gasteiger partial charge in [0.15, 0.2) is 0 Å². The van der Waals surface area contributed by atoms with Gasteiger partial charge in [-0.25, -0.2) is 4.39 Å². The summed E-state index contributed by atoms with van der Waals surface area (Å²) in [7, 11) is 0. The van der Waals surface area contributed by atoms with E-state index in [2.05, 4.69) is 12.2 Å². The van der Waals surface area contributed by atoms with Crippen molar-refractivity contribution in [3.8, 4) is 0 Å². The van der Waals surface area contributed by atoms with Gasteiger partial charge in [-0.05, 0) is 43.4 Å². The molecule has 3 atom stereocenters. The largest absolute Gasteiger partial charge is 0.379 e. The van der Waals surface area contributed by atoms with Gasteiger partial charge in [0, 0.05) is 0 Å². The standard InChI is InChI=1S/C16H27FO3/c17-7-8-18-9-10-19-11-12-20-13-16-14-5-3-1-2-4-6-15(14)16/h1-2,14-16H,3-13H2/b2-1+/t14-,15+,16-. The van der Waals surface area contributed by atoms with Gasteiger partial charge in [-0.3, -0.25) is 0 Å². The number of allylic oxidation sites excluding steroid dienone is 2. The summed E-state index contributed by atoms with van der Waals surface area (Å²) >= 11 is 0. The van der Waals surface area contributed by atoms with Crippen molar-refractivity contribution in [3.63, 3.8) is 0 Å². The molecule has 116 valence electrons. The highest BCUT2D eigenvalue weighted by Gasteiger charge is 2.48. The third kappa shape index (κ3) is 5.51. The smallest absolute Gasteiger partial charge is 0.113 e. The van der Waals surface area contributed by atoms with Crippen molar-refractivity contribution in [1.82, 2.24) is 0 Å². The molecule has 2 rings (SSSR count). The van der Waals surface area contributed by atoms with E-state index in [1.54, 1.807) is 0 Å². The Hall–Kier alpha value is -0.450. The van der Waals surface area contributed by atoms with E-state index in [1.165, 1.54) is 25.7 Å². The first kappa shape index (κ1) is 15.9. The molecule has 0 aromatic rings. The van der Waals surface area contributed by atoms with Crippen molar-refractivity contribution in [1.29, 1.82) is 0 Å². The Morgan fingerprint density at radius 3 is 1.95 bits per heavy atom. The molecule has 0 aromatic heterocycles. The molecule has 0 bridgehead atoms. The van der Waals surface area contributed by atoms with E-state index in [1.807, 2.05) is 0 Å². The van der Waals surface area contributed by atoms with Crippen molar-refractivity contribution < 1.29 is 18.6 Å². The van der Waals surface area contributed by atoms with Crippen LogP contribution in [0.25, 0.3) is 0 Å². The van der Waals surface area contributed by atoms with E-state index < -0.39 is 6.67 Å². The zero-order valence-corrected chi connectivity index (χ0v) is 12.3. The van der Waals surface area contributed by atoms with Crippen LogP contribution in [-0.2, 0) is 14.2 Å². The molecule has 4 heteroatoms. The van der Waals surface area contributed by atoms with Gasteiger partial charge >= 0.3 is 0 Å². The van der Waals surface area contributed by atoms with Crippen LogP contribution in [-0.4, -0.2) is 46.3 Å². The van der Waals surface area contributed by atoms with E-state index in [4.69, 9.17) is 14.2 Å². The molecular formula is C16H27FO3. The molecule has 0 spiro atoms. The third-order valence-corrected chi connectivity index (χ3v) is 4.28.